The third kappa shape index (κ3) is 3.74. The summed E-state index contributed by atoms with van der Waals surface area (Å²) in [6.45, 7) is 3.49. The minimum absolute atomic E-state index is 0.171. The van der Waals surface area contributed by atoms with Gasteiger partial charge in [0, 0.05) is 23.8 Å². The third-order valence-electron chi connectivity index (χ3n) is 3.67. The zero-order valence-electron chi connectivity index (χ0n) is 12.0. The van der Waals surface area contributed by atoms with Crippen molar-refractivity contribution >= 4 is 29.1 Å². The Morgan fingerprint density at radius 1 is 1.57 bits per heavy atom. The van der Waals surface area contributed by atoms with Gasteiger partial charge in [0.05, 0.1) is 0 Å². The Labute approximate surface area is 129 Å². The highest BCUT2D eigenvalue weighted by Crippen LogP contribution is 2.27. The Morgan fingerprint density at radius 3 is 3.00 bits per heavy atom. The van der Waals surface area contributed by atoms with Crippen LogP contribution in [0.5, 0.6) is 0 Å². The van der Waals surface area contributed by atoms with Gasteiger partial charge in [-0.05, 0) is 37.1 Å². The highest BCUT2D eigenvalue weighted by molar-refractivity contribution is 6.31. The van der Waals surface area contributed by atoms with Gasteiger partial charge < -0.3 is 16.0 Å². The van der Waals surface area contributed by atoms with Gasteiger partial charge in [0.1, 0.15) is 5.92 Å². The molecule has 0 radical (unpaired) electrons. The number of halogens is 1. The van der Waals surface area contributed by atoms with E-state index >= 15 is 0 Å². The molecule has 2 atom stereocenters. The van der Waals surface area contributed by atoms with E-state index in [1.165, 1.54) is 0 Å². The summed E-state index contributed by atoms with van der Waals surface area (Å²) >= 11 is 5.94. The standard InChI is InChI=1S/C15H20ClN3O2/c1-10(8-17)9-18-14(20)13-5-6-19(15(13)21)12-4-2-3-11(16)7-12/h2-4,7,10,13H,5-6,8-9,17H2,1H3,(H,18,20). The summed E-state index contributed by atoms with van der Waals surface area (Å²) in [5.41, 5.74) is 6.25. The number of nitrogens with zero attached hydrogens (tertiary/aromatic N) is 1. The molecule has 3 N–H and O–H groups in total. The van der Waals surface area contributed by atoms with Crippen LogP contribution in [0.2, 0.25) is 5.02 Å². The number of nitrogens with one attached hydrogen (secondary N) is 1. The maximum Gasteiger partial charge on any atom is 0.239 e. The molecule has 2 rings (SSSR count). The van der Waals surface area contributed by atoms with E-state index in [1.807, 2.05) is 13.0 Å². The number of hydrogen-bond donors (Lipinski definition) is 2. The van der Waals surface area contributed by atoms with Crippen molar-refractivity contribution in [3.63, 3.8) is 0 Å². The van der Waals surface area contributed by atoms with E-state index in [0.717, 1.165) is 5.69 Å². The van der Waals surface area contributed by atoms with Crippen molar-refractivity contribution in [2.24, 2.45) is 17.6 Å². The summed E-state index contributed by atoms with van der Waals surface area (Å²) < 4.78 is 0. The largest absolute Gasteiger partial charge is 0.355 e. The fraction of sp³-hybridized carbons (Fsp3) is 0.467. The van der Waals surface area contributed by atoms with Crippen molar-refractivity contribution < 1.29 is 9.59 Å². The van der Waals surface area contributed by atoms with Gasteiger partial charge in [0.15, 0.2) is 0 Å². The third-order valence-corrected chi connectivity index (χ3v) is 3.90. The molecular formula is C15H20ClN3O2. The molecular weight excluding hydrogens is 290 g/mol. The van der Waals surface area contributed by atoms with Crippen LogP contribution in [0.1, 0.15) is 13.3 Å². The number of anilines is 1. The zero-order valence-corrected chi connectivity index (χ0v) is 12.8. The second-order valence-corrected chi connectivity index (χ2v) is 5.83. The Bertz CT molecular complexity index is 535. The lowest BCUT2D eigenvalue weighted by molar-refractivity contribution is -0.132. The topological polar surface area (TPSA) is 75.4 Å². The van der Waals surface area contributed by atoms with Crippen molar-refractivity contribution in [1.82, 2.24) is 5.32 Å². The highest BCUT2D eigenvalue weighted by Gasteiger charge is 2.37. The highest BCUT2D eigenvalue weighted by atomic mass is 35.5. The fourth-order valence-electron chi connectivity index (χ4n) is 2.30. The Hall–Kier alpha value is -1.59. The molecule has 1 heterocycles. The first-order valence-electron chi connectivity index (χ1n) is 7.07. The van der Waals surface area contributed by atoms with Crippen molar-refractivity contribution in [3.05, 3.63) is 29.3 Å². The molecule has 1 fully saturated rings. The Balaban J connectivity index is 1.99. The molecule has 1 aliphatic rings. The Morgan fingerprint density at radius 2 is 2.33 bits per heavy atom. The number of benzene rings is 1. The molecule has 21 heavy (non-hydrogen) atoms. The number of amides is 2. The van der Waals surface area contributed by atoms with Gasteiger partial charge in [-0.15, -0.1) is 0 Å². The molecule has 2 unspecified atom stereocenters. The first-order chi connectivity index (χ1) is 10.0. The van der Waals surface area contributed by atoms with Crippen LogP contribution in [0.4, 0.5) is 5.69 Å². The summed E-state index contributed by atoms with van der Waals surface area (Å²) in [5.74, 6) is -0.802. The second kappa shape index (κ2) is 6.91. The summed E-state index contributed by atoms with van der Waals surface area (Å²) in [4.78, 5) is 26.1. The molecule has 0 aliphatic carbocycles. The quantitative estimate of drug-likeness (QED) is 0.807. The lowest BCUT2D eigenvalue weighted by Gasteiger charge is -2.17. The van der Waals surface area contributed by atoms with Crippen LogP contribution in [-0.4, -0.2) is 31.4 Å². The van der Waals surface area contributed by atoms with Crippen LogP contribution in [0.3, 0.4) is 0 Å². The molecule has 0 saturated carbocycles. The van der Waals surface area contributed by atoms with E-state index in [9.17, 15) is 9.59 Å². The lowest BCUT2D eigenvalue weighted by atomic mass is 10.1. The molecule has 2 amide bonds. The Kier molecular flexibility index (Phi) is 5.20. The van der Waals surface area contributed by atoms with Gasteiger partial charge in [0.2, 0.25) is 11.8 Å². The van der Waals surface area contributed by atoms with Crippen molar-refractivity contribution in [3.8, 4) is 0 Å². The number of hydrogen-bond acceptors (Lipinski definition) is 3. The van der Waals surface area contributed by atoms with Crippen LogP contribution >= 0.6 is 11.6 Å². The average molecular weight is 310 g/mol. The van der Waals surface area contributed by atoms with E-state index in [4.69, 9.17) is 17.3 Å². The summed E-state index contributed by atoms with van der Waals surface area (Å²) in [5, 5.41) is 3.37. The molecule has 1 aromatic rings. The van der Waals surface area contributed by atoms with Crippen molar-refractivity contribution in [2.45, 2.75) is 13.3 Å². The molecule has 1 saturated heterocycles. The molecule has 5 nitrogen and oxygen atoms in total. The first kappa shape index (κ1) is 15.8. The second-order valence-electron chi connectivity index (χ2n) is 5.40. The van der Waals surface area contributed by atoms with E-state index in [1.54, 1.807) is 23.1 Å². The minimum Gasteiger partial charge on any atom is -0.355 e. The summed E-state index contributed by atoms with van der Waals surface area (Å²) in [7, 11) is 0. The van der Waals surface area contributed by atoms with Gasteiger partial charge in [0.25, 0.3) is 0 Å². The molecule has 0 bridgehead atoms. The smallest absolute Gasteiger partial charge is 0.239 e. The van der Waals surface area contributed by atoms with E-state index in [2.05, 4.69) is 5.32 Å². The van der Waals surface area contributed by atoms with Crippen LogP contribution < -0.4 is 16.0 Å². The van der Waals surface area contributed by atoms with Crippen LogP contribution in [-0.2, 0) is 9.59 Å². The zero-order chi connectivity index (χ0) is 15.4. The van der Waals surface area contributed by atoms with Gasteiger partial charge in [-0.2, -0.15) is 0 Å². The summed E-state index contributed by atoms with van der Waals surface area (Å²) in [6, 6.07) is 7.10. The molecule has 6 heteroatoms. The molecule has 0 aromatic heterocycles. The first-order valence-corrected chi connectivity index (χ1v) is 7.45. The van der Waals surface area contributed by atoms with Crippen molar-refractivity contribution in [2.75, 3.05) is 24.5 Å². The maximum atomic E-state index is 12.4. The van der Waals surface area contributed by atoms with E-state index in [-0.39, 0.29) is 17.7 Å². The van der Waals surface area contributed by atoms with E-state index in [0.29, 0.717) is 31.1 Å². The van der Waals surface area contributed by atoms with Crippen LogP contribution in [0, 0.1) is 11.8 Å². The van der Waals surface area contributed by atoms with Gasteiger partial charge in [-0.1, -0.05) is 24.6 Å². The summed E-state index contributed by atoms with van der Waals surface area (Å²) in [6.07, 6.45) is 0.522. The van der Waals surface area contributed by atoms with Crippen LogP contribution in [0.25, 0.3) is 0 Å². The molecule has 0 spiro atoms. The number of carbonyl (C=O) groups excluding carboxylic acids is 2. The number of nitrogens with two attached hydrogens (primary N) is 1. The predicted octanol–water partition coefficient (Wildman–Crippen LogP) is 1.40. The monoisotopic (exact) mass is 309 g/mol. The van der Waals surface area contributed by atoms with E-state index < -0.39 is 5.92 Å². The average Bonchev–Trinajstić information content (AvgIpc) is 2.86. The maximum absolute atomic E-state index is 12.4. The molecule has 1 aliphatic heterocycles. The van der Waals surface area contributed by atoms with Gasteiger partial charge >= 0.3 is 0 Å². The minimum atomic E-state index is -0.617. The molecule has 114 valence electrons. The fourth-order valence-corrected chi connectivity index (χ4v) is 2.49. The SMILES string of the molecule is CC(CN)CNC(=O)C1CCN(c2cccc(Cl)c2)C1=O. The van der Waals surface area contributed by atoms with Crippen LogP contribution in [0.15, 0.2) is 24.3 Å². The normalized spacial score (nSPS) is 19.7. The van der Waals surface area contributed by atoms with Crippen molar-refractivity contribution in [1.29, 1.82) is 0 Å². The molecule has 1 aromatic carbocycles. The number of rotatable bonds is 5. The number of carbonyl (C=O) groups is 2. The van der Waals surface area contributed by atoms with Gasteiger partial charge in [-0.25, -0.2) is 0 Å². The lowest BCUT2D eigenvalue weighted by Crippen LogP contribution is -2.39. The predicted molar refractivity (Wildman–Crippen MR) is 83.1 cm³/mol. The van der Waals surface area contributed by atoms with Gasteiger partial charge in [-0.3, -0.25) is 9.59 Å².